The maximum Gasteiger partial charge on any atom is 0.257 e. The van der Waals surface area contributed by atoms with Crippen LogP contribution in [0.1, 0.15) is 10.4 Å². The number of halogens is 2. The molecule has 6 heteroatoms. The van der Waals surface area contributed by atoms with E-state index in [0.717, 1.165) is 11.1 Å². The van der Waals surface area contributed by atoms with Gasteiger partial charge in [0.1, 0.15) is 5.15 Å². The summed E-state index contributed by atoms with van der Waals surface area (Å²) in [5, 5.41) is 6.36. The van der Waals surface area contributed by atoms with Gasteiger partial charge in [-0.2, -0.15) is 0 Å². The highest BCUT2D eigenvalue weighted by Crippen LogP contribution is 2.25. The Kier molecular flexibility index (Phi) is 3.61. The van der Waals surface area contributed by atoms with Gasteiger partial charge in [0.05, 0.1) is 10.6 Å². The number of pyridine rings is 1. The second kappa shape index (κ2) is 5.40. The van der Waals surface area contributed by atoms with Crippen molar-refractivity contribution in [3.05, 3.63) is 57.6 Å². The molecule has 0 radical (unpaired) electrons. The lowest BCUT2D eigenvalue weighted by atomic mass is 10.2. The fourth-order valence-electron chi connectivity index (χ4n) is 1.79. The number of amides is 1. The molecule has 2 heterocycles. The molecule has 0 saturated carbocycles. The quantitative estimate of drug-likeness (QED) is 0.685. The lowest BCUT2D eigenvalue weighted by Crippen LogP contribution is -2.12. The van der Waals surface area contributed by atoms with E-state index < -0.39 is 0 Å². The van der Waals surface area contributed by atoms with Gasteiger partial charge >= 0.3 is 0 Å². The van der Waals surface area contributed by atoms with Crippen LogP contribution in [0.4, 0.5) is 5.69 Å². The number of carbonyl (C=O) groups excluding carboxylic acids is 1. The zero-order valence-electron chi connectivity index (χ0n) is 10.1. The smallest absolute Gasteiger partial charge is 0.257 e. The summed E-state index contributed by atoms with van der Waals surface area (Å²) in [7, 11) is 0. The van der Waals surface area contributed by atoms with Crippen molar-refractivity contribution in [1.82, 2.24) is 4.98 Å². The van der Waals surface area contributed by atoms with Crippen LogP contribution in [0.15, 0.2) is 41.9 Å². The topological polar surface area (TPSA) is 42.0 Å². The lowest BCUT2D eigenvalue weighted by molar-refractivity contribution is 0.102. The molecular formula is C14H8Cl2N2OS. The van der Waals surface area contributed by atoms with Crippen LogP contribution in [0.3, 0.4) is 0 Å². The van der Waals surface area contributed by atoms with Crippen molar-refractivity contribution in [1.29, 1.82) is 0 Å². The van der Waals surface area contributed by atoms with E-state index in [-0.39, 0.29) is 16.1 Å². The summed E-state index contributed by atoms with van der Waals surface area (Å²) in [6.07, 6.45) is 1.40. The zero-order chi connectivity index (χ0) is 14.1. The van der Waals surface area contributed by atoms with E-state index >= 15 is 0 Å². The van der Waals surface area contributed by atoms with Crippen molar-refractivity contribution in [3.8, 4) is 0 Å². The molecular weight excluding hydrogens is 315 g/mol. The number of hydrogen-bond donors (Lipinski definition) is 1. The largest absolute Gasteiger partial charge is 0.322 e. The van der Waals surface area contributed by atoms with E-state index in [9.17, 15) is 4.79 Å². The Bertz CT molecular complexity index is 801. The third-order valence-corrected chi connectivity index (χ3v) is 4.35. The van der Waals surface area contributed by atoms with Gasteiger partial charge in [0.2, 0.25) is 0 Å². The van der Waals surface area contributed by atoms with Gasteiger partial charge in [-0.1, -0.05) is 23.2 Å². The van der Waals surface area contributed by atoms with E-state index in [2.05, 4.69) is 10.3 Å². The van der Waals surface area contributed by atoms with Gasteiger partial charge in [-0.15, -0.1) is 11.3 Å². The van der Waals surface area contributed by atoms with Crippen molar-refractivity contribution in [2.75, 3.05) is 5.32 Å². The first-order valence-corrected chi connectivity index (χ1v) is 7.37. The third-order valence-electron chi connectivity index (χ3n) is 2.77. The molecule has 0 fully saturated rings. The van der Waals surface area contributed by atoms with Gasteiger partial charge in [-0.05, 0) is 41.1 Å². The summed E-state index contributed by atoms with van der Waals surface area (Å²) in [6.45, 7) is 0. The number of fused-ring (bicyclic) bond motifs is 1. The van der Waals surface area contributed by atoms with Gasteiger partial charge in [0.15, 0.2) is 0 Å². The van der Waals surface area contributed by atoms with Gasteiger partial charge in [0.25, 0.3) is 5.91 Å². The number of thiophene rings is 1. The van der Waals surface area contributed by atoms with Gasteiger partial charge < -0.3 is 5.32 Å². The minimum Gasteiger partial charge on any atom is -0.322 e. The summed E-state index contributed by atoms with van der Waals surface area (Å²) in [4.78, 5) is 16.0. The van der Waals surface area contributed by atoms with Crippen molar-refractivity contribution in [2.24, 2.45) is 0 Å². The van der Waals surface area contributed by atoms with Crippen LogP contribution in [0, 0.1) is 0 Å². The molecule has 3 nitrogen and oxygen atoms in total. The highest BCUT2D eigenvalue weighted by atomic mass is 35.5. The van der Waals surface area contributed by atoms with Crippen LogP contribution >= 0.6 is 34.5 Å². The Morgan fingerprint density at radius 3 is 2.85 bits per heavy atom. The van der Waals surface area contributed by atoms with E-state index in [1.165, 1.54) is 17.0 Å². The molecule has 2 aromatic heterocycles. The van der Waals surface area contributed by atoms with Crippen LogP contribution < -0.4 is 5.32 Å². The maximum atomic E-state index is 12.1. The Morgan fingerprint density at radius 2 is 2.05 bits per heavy atom. The predicted molar refractivity (Wildman–Crippen MR) is 84.0 cm³/mol. The molecule has 3 aromatic rings. The van der Waals surface area contributed by atoms with E-state index in [4.69, 9.17) is 23.2 Å². The molecule has 0 aliphatic heterocycles. The molecule has 0 aliphatic rings. The molecule has 0 atom stereocenters. The average molecular weight is 323 g/mol. The molecule has 0 unspecified atom stereocenters. The van der Waals surface area contributed by atoms with Crippen LogP contribution in [0.2, 0.25) is 10.2 Å². The van der Waals surface area contributed by atoms with Crippen LogP contribution in [0.5, 0.6) is 0 Å². The Hall–Kier alpha value is -1.62. The SMILES string of the molecule is O=C(Nc1ccc2sccc2c1)c1cnc(Cl)c(Cl)c1. The number of hydrogen-bond acceptors (Lipinski definition) is 3. The molecule has 0 bridgehead atoms. The fraction of sp³-hybridized carbons (Fsp3) is 0. The monoisotopic (exact) mass is 322 g/mol. The molecule has 100 valence electrons. The van der Waals surface area contributed by atoms with Crippen molar-refractivity contribution >= 4 is 56.2 Å². The lowest BCUT2D eigenvalue weighted by Gasteiger charge is -2.06. The second-order valence-corrected chi connectivity index (χ2v) is 5.84. The highest BCUT2D eigenvalue weighted by Gasteiger charge is 2.09. The number of rotatable bonds is 2. The standard InChI is InChI=1S/C14H8Cl2N2OS/c15-11-6-9(7-17-13(11)16)14(19)18-10-1-2-12-8(5-10)3-4-20-12/h1-7H,(H,18,19). The first-order chi connectivity index (χ1) is 9.63. The molecule has 0 spiro atoms. The van der Waals surface area contributed by atoms with Crippen molar-refractivity contribution < 1.29 is 4.79 Å². The van der Waals surface area contributed by atoms with E-state index in [0.29, 0.717) is 5.56 Å². The summed E-state index contributed by atoms with van der Waals surface area (Å²) in [5.41, 5.74) is 1.09. The normalized spacial score (nSPS) is 10.7. The van der Waals surface area contributed by atoms with E-state index in [1.807, 2.05) is 29.6 Å². The Morgan fingerprint density at radius 1 is 1.20 bits per heavy atom. The summed E-state index contributed by atoms with van der Waals surface area (Å²) in [5.74, 6) is -0.273. The summed E-state index contributed by atoms with van der Waals surface area (Å²) in [6, 6.07) is 9.27. The van der Waals surface area contributed by atoms with Gasteiger partial charge in [-0.25, -0.2) is 4.98 Å². The van der Waals surface area contributed by atoms with Crippen molar-refractivity contribution in [3.63, 3.8) is 0 Å². The second-order valence-electron chi connectivity index (χ2n) is 4.12. The number of nitrogens with zero attached hydrogens (tertiary/aromatic N) is 1. The Balaban J connectivity index is 1.85. The summed E-state index contributed by atoms with van der Waals surface area (Å²) < 4.78 is 1.18. The molecule has 20 heavy (non-hydrogen) atoms. The number of nitrogens with one attached hydrogen (secondary N) is 1. The van der Waals surface area contributed by atoms with Crippen LogP contribution in [-0.4, -0.2) is 10.9 Å². The van der Waals surface area contributed by atoms with Crippen molar-refractivity contribution in [2.45, 2.75) is 0 Å². The minimum atomic E-state index is -0.273. The molecule has 1 amide bonds. The Labute approximate surface area is 129 Å². The van der Waals surface area contributed by atoms with Gasteiger partial charge in [-0.3, -0.25) is 4.79 Å². The van der Waals surface area contributed by atoms with Crippen LogP contribution in [0.25, 0.3) is 10.1 Å². The number of aromatic nitrogens is 1. The average Bonchev–Trinajstić information content (AvgIpc) is 2.89. The molecule has 0 saturated heterocycles. The minimum absolute atomic E-state index is 0.183. The van der Waals surface area contributed by atoms with Crippen LogP contribution in [-0.2, 0) is 0 Å². The predicted octanol–water partition coefficient (Wildman–Crippen LogP) is 4.86. The summed E-state index contributed by atoms with van der Waals surface area (Å²) >= 11 is 13.2. The zero-order valence-corrected chi connectivity index (χ0v) is 12.4. The first-order valence-electron chi connectivity index (χ1n) is 5.73. The molecule has 0 aliphatic carbocycles. The fourth-order valence-corrected chi connectivity index (χ4v) is 2.83. The third kappa shape index (κ3) is 2.63. The highest BCUT2D eigenvalue weighted by molar-refractivity contribution is 7.17. The molecule has 3 rings (SSSR count). The maximum absolute atomic E-state index is 12.1. The number of anilines is 1. The first kappa shape index (κ1) is 13.4. The number of carbonyl (C=O) groups is 1. The molecule has 1 N–H and O–H groups in total. The molecule has 1 aromatic carbocycles. The van der Waals surface area contributed by atoms with E-state index in [1.54, 1.807) is 11.3 Å². The van der Waals surface area contributed by atoms with Gasteiger partial charge in [0, 0.05) is 16.6 Å². The number of benzene rings is 1.